The van der Waals surface area contributed by atoms with Crippen molar-refractivity contribution in [3.63, 3.8) is 0 Å². The molecule has 1 aliphatic heterocycles. The van der Waals surface area contributed by atoms with Crippen molar-refractivity contribution in [1.82, 2.24) is 4.90 Å². The Morgan fingerprint density at radius 3 is 2.08 bits per heavy atom. The van der Waals surface area contributed by atoms with E-state index in [1.807, 2.05) is 0 Å². The number of hydrogen-bond donors (Lipinski definition) is 1. The Morgan fingerprint density at radius 1 is 1.17 bits per heavy atom. The highest BCUT2D eigenvalue weighted by molar-refractivity contribution is 5.65. The van der Waals surface area contributed by atoms with E-state index in [0.29, 0.717) is 11.8 Å². The van der Waals surface area contributed by atoms with Crippen molar-refractivity contribution in [3.8, 4) is 0 Å². The maximum Gasteiger partial charge on any atom is 0.407 e. The van der Waals surface area contributed by atoms with E-state index in [1.165, 1.54) is 25.7 Å². The van der Waals surface area contributed by atoms with Gasteiger partial charge in [-0.05, 0) is 24.7 Å². The molecule has 3 nitrogen and oxygen atoms in total. The minimum Gasteiger partial charge on any atom is -0.465 e. The number of carboxylic acid groups (broad SMARTS) is 1. The Balaban J connectivity index is 1.98. The molecule has 1 saturated carbocycles. The van der Waals surface area contributed by atoms with Crippen molar-refractivity contribution >= 4 is 6.09 Å². The van der Waals surface area contributed by atoms with Gasteiger partial charge in [0, 0.05) is 13.1 Å². The van der Waals surface area contributed by atoms with Gasteiger partial charge in [-0.3, -0.25) is 0 Å². The normalized spacial score (nSPS) is 34.8. The molecule has 68 valence electrons. The van der Waals surface area contributed by atoms with Crippen LogP contribution in [0.1, 0.15) is 25.7 Å². The Hall–Kier alpha value is -0.730. The number of amides is 1. The Morgan fingerprint density at radius 2 is 1.67 bits per heavy atom. The SMILES string of the molecule is O=C(O)N1C[C@H]2CCCC[C@H]2C1. The number of carbonyl (C=O) groups is 1. The molecule has 0 aromatic heterocycles. The minimum absolute atomic E-state index is 0.676. The molecule has 1 saturated heterocycles. The zero-order chi connectivity index (χ0) is 8.55. The first-order chi connectivity index (χ1) is 5.77. The van der Waals surface area contributed by atoms with Crippen LogP contribution in [0, 0.1) is 11.8 Å². The van der Waals surface area contributed by atoms with E-state index in [9.17, 15) is 4.79 Å². The Kier molecular flexibility index (Phi) is 1.95. The quantitative estimate of drug-likeness (QED) is 0.600. The van der Waals surface area contributed by atoms with Gasteiger partial charge in [-0.15, -0.1) is 0 Å². The molecule has 1 aliphatic carbocycles. The summed E-state index contributed by atoms with van der Waals surface area (Å²) in [5.74, 6) is 1.35. The molecule has 2 aliphatic rings. The summed E-state index contributed by atoms with van der Waals surface area (Å²) in [7, 11) is 0. The molecule has 12 heavy (non-hydrogen) atoms. The van der Waals surface area contributed by atoms with Crippen LogP contribution in [0.5, 0.6) is 0 Å². The zero-order valence-corrected chi connectivity index (χ0v) is 7.20. The molecule has 1 heterocycles. The fraction of sp³-hybridized carbons (Fsp3) is 0.889. The summed E-state index contributed by atoms with van der Waals surface area (Å²) in [6, 6.07) is 0. The third-order valence-electron chi connectivity index (χ3n) is 3.25. The molecule has 1 amide bonds. The van der Waals surface area contributed by atoms with E-state index in [2.05, 4.69) is 0 Å². The average Bonchev–Trinajstić information content (AvgIpc) is 2.46. The van der Waals surface area contributed by atoms with E-state index in [1.54, 1.807) is 4.90 Å². The summed E-state index contributed by atoms with van der Waals surface area (Å²) in [6.45, 7) is 1.58. The van der Waals surface area contributed by atoms with Crippen LogP contribution in [0.25, 0.3) is 0 Å². The lowest BCUT2D eigenvalue weighted by molar-refractivity contribution is 0.153. The molecular weight excluding hydrogens is 154 g/mol. The number of hydrogen-bond acceptors (Lipinski definition) is 1. The summed E-state index contributed by atoms with van der Waals surface area (Å²) in [5, 5.41) is 8.79. The molecule has 3 heteroatoms. The van der Waals surface area contributed by atoms with E-state index < -0.39 is 6.09 Å². The van der Waals surface area contributed by atoms with Crippen molar-refractivity contribution in [1.29, 1.82) is 0 Å². The molecule has 0 radical (unpaired) electrons. The Bertz CT molecular complexity index is 179. The maximum atomic E-state index is 10.7. The van der Waals surface area contributed by atoms with Gasteiger partial charge in [0.1, 0.15) is 0 Å². The number of nitrogens with zero attached hydrogens (tertiary/aromatic N) is 1. The smallest absolute Gasteiger partial charge is 0.407 e. The molecule has 0 unspecified atom stereocenters. The third kappa shape index (κ3) is 1.28. The highest BCUT2D eigenvalue weighted by atomic mass is 16.4. The van der Waals surface area contributed by atoms with Crippen LogP contribution >= 0.6 is 0 Å². The molecule has 2 atom stereocenters. The van der Waals surface area contributed by atoms with Crippen molar-refractivity contribution in [3.05, 3.63) is 0 Å². The van der Waals surface area contributed by atoms with Gasteiger partial charge in [0.2, 0.25) is 0 Å². The van der Waals surface area contributed by atoms with Gasteiger partial charge in [-0.25, -0.2) is 4.79 Å². The Labute approximate surface area is 72.4 Å². The van der Waals surface area contributed by atoms with Crippen LogP contribution in [-0.2, 0) is 0 Å². The summed E-state index contributed by atoms with van der Waals surface area (Å²) in [5.41, 5.74) is 0. The van der Waals surface area contributed by atoms with Gasteiger partial charge in [0.25, 0.3) is 0 Å². The first-order valence-electron chi connectivity index (χ1n) is 4.75. The number of rotatable bonds is 0. The second kappa shape index (κ2) is 2.96. The van der Waals surface area contributed by atoms with Crippen LogP contribution in [-0.4, -0.2) is 29.2 Å². The van der Waals surface area contributed by atoms with Crippen LogP contribution in [0.2, 0.25) is 0 Å². The van der Waals surface area contributed by atoms with Gasteiger partial charge in [0.15, 0.2) is 0 Å². The van der Waals surface area contributed by atoms with Gasteiger partial charge >= 0.3 is 6.09 Å². The molecule has 2 rings (SSSR count). The predicted octanol–water partition coefficient (Wildman–Crippen LogP) is 1.79. The summed E-state index contributed by atoms with van der Waals surface area (Å²) >= 11 is 0. The van der Waals surface area contributed by atoms with Crippen LogP contribution < -0.4 is 0 Å². The van der Waals surface area contributed by atoms with E-state index in [0.717, 1.165) is 13.1 Å². The summed E-state index contributed by atoms with van der Waals surface area (Å²) < 4.78 is 0. The van der Waals surface area contributed by atoms with Gasteiger partial charge in [0.05, 0.1) is 0 Å². The van der Waals surface area contributed by atoms with Crippen LogP contribution in [0.3, 0.4) is 0 Å². The molecule has 0 bridgehead atoms. The van der Waals surface area contributed by atoms with Crippen LogP contribution in [0.15, 0.2) is 0 Å². The van der Waals surface area contributed by atoms with Crippen molar-refractivity contribution < 1.29 is 9.90 Å². The first-order valence-corrected chi connectivity index (χ1v) is 4.75. The summed E-state index contributed by atoms with van der Waals surface area (Å²) in [4.78, 5) is 12.3. The second-order valence-corrected chi connectivity index (χ2v) is 3.99. The van der Waals surface area contributed by atoms with Crippen molar-refractivity contribution in [2.45, 2.75) is 25.7 Å². The molecular formula is C9H15NO2. The molecule has 0 aromatic carbocycles. The lowest BCUT2D eigenvalue weighted by Gasteiger charge is -2.22. The van der Waals surface area contributed by atoms with E-state index >= 15 is 0 Å². The van der Waals surface area contributed by atoms with Gasteiger partial charge in [-0.2, -0.15) is 0 Å². The fourth-order valence-corrected chi connectivity index (χ4v) is 2.56. The highest BCUT2D eigenvalue weighted by Gasteiger charge is 2.36. The molecule has 0 aromatic rings. The topological polar surface area (TPSA) is 40.5 Å². The second-order valence-electron chi connectivity index (χ2n) is 3.99. The molecule has 1 N–H and O–H groups in total. The number of fused-ring (bicyclic) bond motifs is 1. The zero-order valence-electron chi connectivity index (χ0n) is 7.20. The number of likely N-dealkylation sites (tertiary alicyclic amines) is 1. The standard InChI is InChI=1S/C9H15NO2/c11-9(12)10-5-7-3-1-2-4-8(7)6-10/h7-8H,1-6H2,(H,11,12)/t7-,8+. The van der Waals surface area contributed by atoms with E-state index in [-0.39, 0.29) is 0 Å². The van der Waals surface area contributed by atoms with Crippen molar-refractivity contribution in [2.75, 3.05) is 13.1 Å². The summed E-state index contributed by atoms with van der Waals surface area (Å²) in [6.07, 6.45) is 4.36. The lowest BCUT2D eigenvalue weighted by atomic mass is 9.82. The predicted molar refractivity (Wildman–Crippen MR) is 45.0 cm³/mol. The lowest BCUT2D eigenvalue weighted by Crippen LogP contribution is -2.26. The van der Waals surface area contributed by atoms with Gasteiger partial charge in [-0.1, -0.05) is 12.8 Å². The monoisotopic (exact) mass is 169 g/mol. The van der Waals surface area contributed by atoms with Crippen LogP contribution in [0.4, 0.5) is 4.79 Å². The van der Waals surface area contributed by atoms with Gasteiger partial charge < -0.3 is 10.0 Å². The average molecular weight is 169 g/mol. The molecule has 0 spiro atoms. The largest absolute Gasteiger partial charge is 0.465 e. The van der Waals surface area contributed by atoms with Crippen molar-refractivity contribution in [2.24, 2.45) is 11.8 Å². The van der Waals surface area contributed by atoms with E-state index in [4.69, 9.17) is 5.11 Å². The molecule has 2 fully saturated rings. The minimum atomic E-state index is -0.732. The fourth-order valence-electron chi connectivity index (χ4n) is 2.56. The highest BCUT2D eigenvalue weighted by Crippen LogP contribution is 2.35. The first kappa shape index (κ1) is 7.90. The third-order valence-corrected chi connectivity index (χ3v) is 3.25. The maximum absolute atomic E-state index is 10.7.